The number of aliphatic hydroxyl groups is 1. The molecule has 0 aliphatic carbocycles. The Balaban J connectivity index is 4.76. The van der Waals surface area contributed by atoms with E-state index in [0.717, 1.165) is 13.8 Å². The molecule has 7 heteroatoms. The van der Waals surface area contributed by atoms with Gasteiger partial charge in [-0.1, -0.05) is 0 Å². The molecule has 0 radical (unpaired) electrons. The fraction of sp³-hybridized carbons (Fsp3) is 0.818. The summed E-state index contributed by atoms with van der Waals surface area (Å²) in [7, 11) is 0. The van der Waals surface area contributed by atoms with Crippen molar-refractivity contribution in [3.05, 3.63) is 0 Å². The van der Waals surface area contributed by atoms with Gasteiger partial charge in [0.2, 0.25) is 0 Å². The quantitative estimate of drug-likeness (QED) is 0.706. The van der Waals surface area contributed by atoms with E-state index in [9.17, 15) is 19.1 Å². The summed E-state index contributed by atoms with van der Waals surface area (Å²) in [5.74, 6) is -1.54. The van der Waals surface area contributed by atoms with Gasteiger partial charge >= 0.3 is 12.1 Å². The number of ether oxygens (including phenoxy) is 1. The summed E-state index contributed by atoms with van der Waals surface area (Å²) in [4.78, 5) is 22.3. The van der Waals surface area contributed by atoms with E-state index >= 15 is 0 Å². The Hall–Kier alpha value is -1.37. The standard InChI is InChI=1S/C11H20FNO5/c1-10(2,3)18-9(17)13-6(8(15)16)7(14)11(4,5)12/h6-7,14H,1-5H3,(H,13,17)(H,15,16). The number of rotatable bonds is 4. The zero-order valence-electron chi connectivity index (χ0n) is 11.2. The van der Waals surface area contributed by atoms with Crippen molar-refractivity contribution in [1.82, 2.24) is 5.32 Å². The van der Waals surface area contributed by atoms with Crippen molar-refractivity contribution in [2.45, 2.75) is 58.0 Å². The van der Waals surface area contributed by atoms with Crippen LogP contribution in [0.1, 0.15) is 34.6 Å². The molecule has 0 aliphatic heterocycles. The smallest absolute Gasteiger partial charge is 0.408 e. The van der Waals surface area contributed by atoms with Crippen LogP contribution in [0.4, 0.5) is 9.18 Å². The van der Waals surface area contributed by atoms with Gasteiger partial charge in [-0.3, -0.25) is 0 Å². The molecule has 0 heterocycles. The largest absolute Gasteiger partial charge is 0.480 e. The minimum atomic E-state index is -2.17. The fourth-order valence-electron chi connectivity index (χ4n) is 1.11. The predicted molar refractivity (Wildman–Crippen MR) is 62.0 cm³/mol. The molecule has 0 aliphatic rings. The Bertz CT molecular complexity index is 318. The molecule has 18 heavy (non-hydrogen) atoms. The van der Waals surface area contributed by atoms with Crippen molar-refractivity contribution in [1.29, 1.82) is 0 Å². The number of hydrogen-bond acceptors (Lipinski definition) is 4. The highest BCUT2D eigenvalue weighted by molar-refractivity contribution is 5.80. The molecule has 6 nitrogen and oxygen atoms in total. The summed E-state index contributed by atoms with van der Waals surface area (Å²) in [5.41, 5.74) is -2.98. The maximum Gasteiger partial charge on any atom is 0.408 e. The third kappa shape index (κ3) is 5.81. The first-order chi connectivity index (χ1) is 7.84. The lowest BCUT2D eigenvalue weighted by atomic mass is 9.97. The van der Waals surface area contributed by atoms with Crippen LogP contribution < -0.4 is 5.32 Å². The molecule has 2 unspecified atom stereocenters. The van der Waals surface area contributed by atoms with E-state index in [0.29, 0.717) is 0 Å². The van der Waals surface area contributed by atoms with Crippen molar-refractivity contribution in [2.75, 3.05) is 0 Å². The molecule has 0 aromatic heterocycles. The first kappa shape index (κ1) is 16.6. The first-order valence-corrected chi connectivity index (χ1v) is 5.44. The van der Waals surface area contributed by atoms with E-state index < -0.39 is 35.5 Å². The lowest BCUT2D eigenvalue weighted by Crippen LogP contribution is -2.55. The second kappa shape index (κ2) is 5.51. The third-order valence-corrected chi connectivity index (χ3v) is 1.96. The molecule has 0 saturated heterocycles. The average Bonchev–Trinajstić information content (AvgIpc) is 2.08. The molecule has 0 fully saturated rings. The SMILES string of the molecule is CC(C)(C)OC(=O)NC(C(=O)O)C(O)C(C)(C)F. The lowest BCUT2D eigenvalue weighted by molar-refractivity contribution is -0.145. The summed E-state index contributed by atoms with van der Waals surface area (Å²) < 4.78 is 18.3. The molecule has 0 aromatic rings. The molecule has 2 atom stereocenters. The van der Waals surface area contributed by atoms with Gasteiger partial charge in [-0.2, -0.15) is 0 Å². The number of carboxylic acid groups (broad SMARTS) is 1. The van der Waals surface area contributed by atoms with Gasteiger partial charge in [0, 0.05) is 0 Å². The number of alkyl halides is 1. The molecule has 0 saturated carbocycles. The van der Waals surface area contributed by atoms with Crippen molar-refractivity contribution < 1.29 is 28.9 Å². The second-order valence-corrected chi connectivity index (χ2v) is 5.47. The molecular weight excluding hydrogens is 245 g/mol. The van der Waals surface area contributed by atoms with Gasteiger partial charge in [0.05, 0.1) is 0 Å². The van der Waals surface area contributed by atoms with Gasteiger partial charge < -0.3 is 20.3 Å². The van der Waals surface area contributed by atoms with Gasteiger partial charge in [-0.25, -0.2) is 14.0 Å². The van der Waals surface area contributed by atoms with Gasteiger partial charge in [-0.05, 0) is 34.6 Å². The first-order valence-electron chi connectivity index (χ1n) is 5.44. The topological polar surface area (TPSA) is 95.9 Å². The van der Waals surface area contributed by atoms with E-state index in [1.54, 1.807) is 20.8 Å². The summed E-state index contributed by atoms with van der Waals surface area (Å²) in [6.45, 7) is 6.82. The number of nitrogens with one attached hydrogen (secondary N) is 1. The van der Waals surface area contributed by atoms with Crippen molar-refractivity contribution >= 4 is 12.1 Å². The van der Waals surface area contributed by atoms with Crippen LogP contribution in [-0.4, -0.2) is 45.7 Å². The number of carbonyl (C=O) groups is 2. The van der Waals surface area contributed by atoms with Crippen LogP contribution in [0.25, 0.3) is 0 Å². The number of carbonyl (C=O) groups excluding carboxylic acids is 1. The van der Waals surface area contributed by atoms with Gasteiger partial charge in [0.25, 0.3) is 0 Å². The Kier molecular flexibility index (Phi) is 5.09. The third-order valence-electron chi connectivity index (χ3n) is 1.96. The second-order valence-electron chi connectivity index (χ2n) is 5.47. The zero-order valence-corrected chi connectivity index (χ0v) is 11.2. The molecular formula is C11H20FNO5. The highest BCUT2D eigenvalue weighted by Crippen LogP contribution is 2.18. The van der Waals surface area contributed by atoms with E-state index in [2.05, 4.69) is 0 Å². The van der Waals surface area contributed by atoms with Gasteiger partial charge in [0.1, 0.15) is 17.4 Å². The van der Waals surface area contributed by atoms with Crippen LogP contribution in [0, 0.1) is 0 Å². The van der Waals surface area contributed by atoms with Crippen LogP contribution >= 0.6 is 0 Å². The highest BCUT2D eigenvalue weighted by atomic mass is 19.1. The molecule has 0 bridgehead atoms. The van der Waals surface area contributed by atoms with E-state index in [4.69, 9.17) is 9.84 Å². The van der Waals surface area contributed by atoms with Crippen molar-refractivity contribution in [2.24, 2.45) is 0 Å². The number of aliphatic carboxylic acids is 1. The lowest BCUT2D eigenvalue weighted by Gasteiger charge is -2.28. The van der Waals surface area contributed by atoms with E-state index in [1.807, 2.05) is 5.32 Å². The monoisotopic (exact) mass is 265 g/mol. The average molecular weight is 265 g/mol. The van der Waals surface area contributed by atoms with Crippen molar-refractivity contribution in [3.8, 4) is 0 Å². The summed E-state index contributed by atoms with van der Waals surface area (Å²) in [6.07, 6.45) is -2.92. The minimum absolute atomic E-state index is 0.816. The number of aliphatic hydroxyl groups excluding tert-OH is 1. The Morgan fingerprint density at radius 1 is 1.22 bits per heavy atom. The number of halogens is 1. The number of alkyl carbamates (subject to hydrolysis) is 1. The van der Waals surface area contributed by atoms with Crippen LogP contribution in [0.3, 0.4) is 0 Å². The molecule has 0 rings (SSSR count). The van der Waals surface area contributed by atoms with Crippen LogP contribution in [-0.2, 0) is 9.53 Å². The Morgan fingerprint density at radius 3 is 1.94 bits per heavy atom. The summed E-state index contributed by atoms with van der Waals surface area (Å²) >= 11 is 0. The van der Waals surface area contributed by atoms with E-state index in [-0.39, 0.29) is 0 Å². The van der Waals surface area contributed by atoms with Gasteiger partial charge in [0.15, 0.2) is 6.04 Å². The Morgan fingerprint density at radius 2 is 1.67 bits per heavy atom. The molecule has 106 valence electrons. The number of amides is 1. The van der Waals surface area contributed by atoms with Crippen molar-refractivity contribution in [3.63, 3.8) is 0 Å². The maximum absolute atomic E-state index is 13.5. The normalized spacial score (nSPS) is 15.7. The van der Waals surface area contributed by atoms with Crippen LogP contribution in [0.2, 0.25) is 0 Å². The maximum atomic E-state index is 13.5. The zero-order chi connectivity index (χ0) is 14.7. The number of carboxylic acids is 1. The van der Waals surface area contributed by atoms with Crippen LogP contribution in [0.15, 0.2) is 0 Å². The molecule has 0 spiro atoms. The molecule has 3 N–H and O–H groups in total. The highest BCUT2D eigenvalue weighted by Gasteiger charge is 2.40. The minimum Gasteiger partial charge on any atom is -0.480 e. The van der Waals surface area contributed by atoms with Gasteiger partial charge in [-0.15, -0.1) is 0 Å². The summed E-state index contributed by atoms with van der Waals surface area (Å²) in [5, 5.41) is 20.3. The van der Waals surface area contributed by atoms with Crippen LogP contribution in [0.5, 0.6) is 0 Å². The summed E-state index contributed by atoms with van der Waals surface area (Å²) in [6, 6.07) is -1.78. The molecule has 1 amide bonds. The Labute approximate surface area is 105 Å². The molecule has 0 aromatic carbocycles. The predicted octanol–water partition coefficient (Wildman–Crippen LogP) is 1.07. The fourth-order valence-corrected chi connectivity index (χ4v) is 1.11. The van der Waals surface area contributed by atoms with E-state index in [1.165, 1.54) is 0 Å². The number of hydrogen-bond donors (Lipinski definition) is 3.